The molecule has 3 rings (SSSR count). The molecule has 1 atom stereocenters. The van der Waals surface area contributed by atoms with Crippen molar-refractivity contribution in [3.05, 3.63) is 61.8 Å². The Labute approximate surface area is 157 Å². The molecule has 1 aliphatic rings. The standard InChI is InChI=1S/C19H23N3O3S/c1-14-10-16(6-7-18(14)22(24)25)19(23)20-11-15-4-2-8-21(12-15)13-17-5-3-9-26-17/h3,5-7,9-10,15H,2,4,8,11-13H2,1H3,(H,20,23). The fourth-order valence-corrected chi connectivity index (χ4v) is 4.17. The molecule has 1 aromatic heterocycles. The van der Waals surface area contributed by atoms with Gasteiger partial charge in [-0.1, -0.05) is 6.07 Å². The Kier molecular flexibility index (Phi) is 6.00. The number of amides is 1. The number of nitrogens with zero attached hydrogens (tertiary/aromatic N) is 2. The van der Waals surface area contributed by atoms with E-state index in [1.807, 2.05) is 0 Å². The molecule has 2 heterocycles. The normalized spacial score (nSPS) is 17.8. The van der Waals surface area contributed by atoms with E-state index in [2.05, 4.69) is 27.7 Å². The Morgan fingerprint density at radius 2 is 2.27 bits per heavy atom. The third kappa shape index (κ3) is 4.68. The summed E-state index contributed by atoms with van der Waals surface area (Å²) in [4.78, 5) is 26.6. The highest BCUT2D eigenvalue weighted by Crippen LogP contribution is 2.21. The molecule has 1 unspecified atom stereocenters. The average Bonchev–Trinajstić information content (AvgIpc) is 3.12. The van der Waals surface area contributed by atoms with Crippen LogP contribution < -0.4 is 5.32 Å². The summed E-state index contributed by atoms with van der Waals surface area (Å²) in [7, 11) is 0. The lowest BCUT2D eigenvalue weighted by atomic mass is 9.97. The summed E-state index contributed by atoms with van der Waals surface area (Å²) in [6.07, 6.45) is 2.25. The van der Waals surface area contributed by atoms with Crippen LogP contribution in [0.2, 0.25) is 0 Å². The van der Waals surface area contributed by atoms with Gasteiger partial charge in [0.15, 0.2) is 0 Å². The minimum atomic E-state index is -0.429. The monoisotopic (exact) mass is 373 g/mol. The number of nitro benzene ring substituents is 1. The molecule has 1 aliphatic heterocycles. The third-order valence-corrected chi connectivity index (χ3v) is 5.63. The van der Waals surface area contributed by atoms with Gasteiger partial charge in [-0.05, 0) is 55.8 Å². The van der Waals surface area contributed by atoms with Gasteiger partial charge in [0.25, 0.3) is 11.6 Å². The summed E-state index contributed by atoms with van der Waals surface area (Å²) in [5.41, 5.74) is 1.01. The average molecular weight is 373 g/mol. The largest absolute Gasteiger partial charge is 0.352 e. The van der Waals surface area contributed by atoms with Crippen molar-refractivity contribution in [1.29, 1.82) is 0 Å². The summed E-state index contributed by atoms with van der Waals surface area (Å²) < 4.78 is 0. The zero-order valence-electron chi connectivity index (χ0n) is 14.8. The van der Waals surface area contributed by atoms with Crippen LogP contribution in [0.15, 0.2) is 35.7 Å². The Morgan fingerprint density at radius 3 is 2.96 bits per heavy atom. The highest BCUT2D eigenvalue weighted by molar-refractivity contribution is 7.09. The van der Waals surface area contributed by atoms with Crippen molar-refractivity contribution >= 4 is 22.9 Å². The van der Waals surface area contributed by atoms with Gasteiger partial charge in [0.2, 0.25) is 0 Å². The van der Waals surface area contributed by atoms with Crippen LogP contribution in [0.5, 0.6) is 0 Å². The first kappa shape index (κ1) is 18.5. The number of nitro groups is 1. The first-order valence-corrected chi connectivity index (χ1v) is 9.69. The first-order chi connectivity index (χ1) is 12.5. The van der Waals surface area contributed by atoms with E-state index >= 15 is 0 Å². The molecule has 1 N–H and O–H groups in total. The number of benzene rings is 1. The van der Waals surface area contributed by atoms with Gasteiger partial charge in [-0.3, -0.25) is 19.8 Å². The van der Waals surface area contributed by atoms with Gasteiger partial charge in [0, 0.05) is 41.7 Å². The molecule has 7 heteroatoms. The predicted octanol–water partition coefficient (Wildman–Crippen LogP) is 3.61. The van der Waals surface area contributed by atoms with E-state index in [1.54, 1.807) is 24.3 Å². The highest BCUT2D eigenvalue weighted by Gasteiger charge is 2.21. The maximum Gasteiger partial charge on any atom is 0.272 e. The lowest BCUT2D eigenvalue weighted by Crippen LogP contribution is -2.40. The third-order valence-electron chi connectivity index (χ3n) is 4.77. The number of carbonyl (C=O) groups excluding carboxylic acids is 1. The molecule has 1 fully saturated rings. The molecule has 1 amide bonds. The van der Waals surface area contributed by atoms with E-state index in [-0.39, 0.29) is 11.6 Å². The van der Waals surface area contributed by atoms with Crippen molar-refractivity contribution in [2.75, 3.05) is 19.6 Å². The van der Waals surface area contributed by atoms with Crippen molar-refractivity contribution in [1.82, 2.24) is 10.2 Å². The van der Waals surface area contributed by atoms with Crippen LogP contribution in [-0.2, 0) is 6.54 Å². The molecule has 1 aromatic carbocycles. The van der Waals surface area contributed by atoms with Crippen molar-refractivity contribution < 1.29 is 9.72 Å². The first-order valence-electron chi connectivity index (χ1n) is 8.81. The minimum absolute atomic E-state index is 0.0399. The fourth-order valence-electron chi connectivity index (χ4n) is 3.43. The number of aryl methyl sites for hydroxylation is 1. The molecule has 0 bridgehead atoms. The van der Waals surface area contributed by atoms with Gasteiger partial charge >= 0.3 is 0 Å². The molecular formula is C19H23N3O3S. The highest BCUT2D eigenvalue weighted by atomic mass is 32.1. The lowest BCUT2D eigenvalue weighted by molar-refractivity contribution is -0.385. The summed E-state index contributed by atoms with van der Waals surface area (Å²) in [6.45, 7) is 5.35. The quantitative estimate of drug-likeness (QED) is 0.620. The second kappa shape index (κ2) is 8.42. The maximum absolute atomic E-state index is 12.4. The van der Waals surface area contributed by atoms with Crippen LogP contribution in [0.1, 0.15) is 33.6 Å². The molecule has 0 radical (unpaired) electrons. The SMILES string of the molecule is Cc1cc(C(=O)NCC2CCCN(Cc3cccs3)C2)ccc1[N+](=O)[O-]. The van der Waals surface area contributed by atoms with Gasteiger partial charge in [-0.2, -0.15) is 0 Å². The number of carbonyl (C=O) groups is 1. The molecule has 26 heavy (non-hydrogen) atoms. The van der Waals surface area contributed by atoms with Crippen LogP contribution in [-0.4, -0.2) is 35.4 Å². The Morgan fingerprint density at radius 1 is 1.42 bits per heavy atom. The molecule has 138 valence electrons. The smallest absolute Gasteiger partial charge is 0.272 e. The zero-order chi connectivity index (χ0) is 18.5. The van der Waals surface area contributed by atoms with Gasteiger partial charge in [-0.25, -0.2) is 0 Å². The van der Waals surface area contributed by atoms with Gasteiger partial charge in [-0.15, -0.1) is 11.3 Å². The Balaban J connectivity index is 1.52. The van der Waals surface area contributed by atoms with Crippen LogP contribution >= 0.6 is 11.3 Å². The molecule has 0 aliphatic carbocycles. The number of likely N-dealkylation sites (tertiary alicyclic amines) is 1. The number of nitrogens with one attached hydrogen (secondary N) is 1. The minimum Gasteiger partial charge on any atom is -0.352 e. The number of rotatable bonds is 6. The van der Waals surface area contributed by atoms with Crippen LogP contribution in [0, 0.1) is 23.0 Å². The lowest BCUT2D eigenvalue weighted by Gasteiger charge is -2.32. The topological polar surface area (TPSA) is 75.5 Å². The van der Waals surface area contributed by atoms with E-state index in [0.29, 0.717) is 23.6 Å². The van der Waals surface area contributed by atoms with E-state index < -0.39 is 4.92 Å². The predicted molar refractivity (Wildman–Crippen MR) is 102 cm³/mol. The molecule has 0 saturated carbocycles. The van der Waals surface area contributed by atoms with Crippen LogP contribution in [0.4, 0.5) is 5.69 Å². The van der Waals surface area contributed by atoms with Gasteiger partial charge in [0.1, 0.15) is 0 Å². The maximum atomic E-state index is 12.4. The number of hydrogen-bond donors (Lipinski definition) is 1. The van der Waals surface area contributed by atoms with Crippen LogP contribution in [0.3, 0.4) is 0 Å². The van der Waals surface area contributed by atoms with E-state index in [0.717, 1.165) is 32.5 Å². The summed E-state index contributed by atoms with van der Waals surface area (Å²) in [5, 5.41) is 16.0. The van der Waals surface area contributed by atoms with E-state index in [9.17, 15) is 14.9 Å². The molecule has 0 spiro atoms. The van der Waals surface area contributed by atoms with E-state index in [4.69, 9.17) is 0 Å². The van der Waals surface area contributed by atoms with E-state index in [1.165, 1.54) is 17.0 Å². The van der Waals surface area contributed by atoms with Crippen molar-refractivity contribution in [3.63, 3.8) is 0 Å². The number of hydrogen-bond acceptors (Lipinski definition) is 5. The second-order valence-corrected chi connectivity index (χ2v) is 7.82. The summed E-state index contributed by atoms with van der Waals surface area (Å²) in [5.74, 6) is 0.269. The van der Waals surface area contributed by atoms with Crippen LogP contribution in [0.25, 0.3) is 0 Å². The molecule has 6 nitrogen and oxygen atoms in total. The van der Waals surface area contributed by atoms with Crippen molar-refractivity contribution in [2.45, 2.75) is 26.3 Å². The van der Waals surface area contributed by atoms with Crippen molar-refractivity contribution in [2.24, 2.45) is 5.92 Å². The van der Waals surface area contributed by atoms with Gasteiger partial charge < -0.3 is 5.32 Å². The Bertz CT molecular complexity index is 776. The molecular weight excluding hydrogens is 350 g/mol. The number of piperidine rings is 1. The zero-order valence-corrected chi connectivity index (χ0v) is 15.6. The molecule has 1 saturated heterocycles. The Hall–Kier alpha value is -2.25. The van der Waals surface area contributed by atoms with Gasteiger partial charge in [0.05, 0.1) is 4.92 Å². The number of thiophene rings is 1. The summed E-state index contributed by atoms with van der Waals surface area (Å²) >= 11 is 1.78. The molecule has 2 aromatic rings. The second-order valence-electron chi connectivity index (χ2n) is 6.79. The van der Waals surface area contributed by atoms with Crippen molar-refractivity contribution in [3.8, 4) is 0 Å². The fraction of sp³-hybridized carbons (Fsp3) is 0.421. The summed E-state index contributed by atoms with van der Waals surface area (Å²) in [6, 6.07) is 8.73.